The number of carbonyl (C=O) groups excluding carboxylic acids is 2. The molecule has 1 aromatic heterocycles. The number of morpholine rings is 1. The van der Waals surface area contributed by atoms with Crippen LogP contribution in [0.3, 0.4) is 0 Å². The lowest BCUT2D eigenvalue weighted by molar-refractivity contribution is -0.150. The minimum absolute atomic E-state index is 0.202. The van der Waals surface area contributed by atoms with Crippen LogP contribution in [-0.2, 0) is 19.1 Å². The minimum atomic E-state index is -0.551. The summed E-state index contributed by atoms with van der Waals surface area (Å²) in [6.07, 6.45) is 4.67. The Bertz CT molecular complexity index is 761. The van der Waals surface area contributed by atoms with Crippen molar-refractivity contribution in [3.8, 4) is 0 Å². The van der Waals surface area contributed by atoms with E-state index in [9.17, 15) is 9.59 Å². The molecular weight excluding hydrogens is 308 g/mol. The highest BCUT2D eigenvalue weighted by atomic mass is 16.5. The summed E-state index contributed by atoms with van der Waals surface area (Å²) in [7, 11) is 0. The number of amides is 1. The summed E-state index contributed by atoms with van der Waals surface area (Å²) in [6.45, 7) is 1.86. The first kappa shape index (κ1) is 16.1. The number of fused-ring (bicyclic) bond motifs is 1. The Morgan fingerprint density at radius 2 is 2.00 bits per heavy atom. The molecule has 2 aromatic rings. The van der Waals surface area contributed by atoms with Gasteiger partial charge in [-0.1, -0.05) is 24.3 Å². The van der Waals surface area contributed by atoms with Crippen LogP contribution in [0, 0.1) is 0 Å². The predicted molar refractivity (Wildman–Crippen MR) is 89.1 cm³/mol. The molecule has 6 nitrogen and oxygen atoms in total. The largest absolute Gasteiger partial charge is 0.452 e. The first-order valence-corrected chi connectivity index (χ1v) is 7.78. The molecule has 24 heavy (non-hydrogen) atoms. The van der Waals surface area contributed by atoms with Gasteiger partial charge in [0, 0.05) is 36.3 Å². The second kappa shape index (κ2) is 7.70. The van der Waals surface area contributed by atoms with Crippen LogP contribution in [0.15, 0.2) is 42.6 Å². The summed E-state index contributed by atoms with van der Waals surface area (Å²) in [5.41, 5.74) is 1.64. The molecule has 1 saturated heterocycles. The molecule has 1 amide bonds. The Morgan fingerprint density at radius 3 is 2.83 bits per heavy atom. The number of para-hydroxylation sites is 1. The number of ether oxygens (including phenoxy) is 2. The molecule has 124 valence electrons. The predicted octanol–water partition coefficient (Wildman–Crippen LogP) is 1.65. The number of hydrogen-bond acceptors (Lipinski definition) is 5. The SMILES string of the molecule is O=C(/C=C/c1cccc2cccnc12)OCC(=O)N1CCOCC1. The third-order valence-corrected chi connectivity index (χ3v) is 3.76. The Balaban J connectivity index is 1.58. The van der Waals surface area contributed by atoms with Gasteiger partial charge in [0.15, 0.2) is 6.61 Å². The third-order valence-electron chi connectivity index (χ3n) is 3.76. The number of rotatable bonds is 4. The normalized spacial score (nSPS) is 14.9. The smallest absolute Gasteiger partial charge is 0.331 e. The van der Waals surface area contributed by atoms with Gasteiger partial charge in [-0.2, -0.15) is 0 Å². The summed E-state index contributed by atoms with van der Waals surface area (Å²) in [4.78, 5) is 29.7. The van der Waals surface area contributed by atoms with E-state index in [4.69, 9.17) is 9.47 Å². The molecule has 0 N–H and O–H groups in total. The van der Waals surface area contributed by atoms with Gasteiger partial charge in [-0.25, -0.2) is 4.79 Å². The average Bonchev–Trinajstić information content (AvgIpc) is 2.65. The monoisotopic (exact) mass is 326 g/mol. The Labute approximate surface area is 139 Å². The van der Waals surface area contributed by atoms with Gasteiger partial charge in [0.2, 0.25) is 0 Å². The van der Waals surface area contributed by atoms with E-state index in [1.807, 2.05) is 30.3 Å². The maximum atomic E-state index is 11.9. The second-order valence-electron chi connectivity index (χ2n) is 5.36. The molecule has 0 radical (unpaired) electrons. The molecule has 3 rings (SSSR count). The number of nitrogens with zero attached hydrogens (tertiary/aromatic N) is 2. The van der Waals surface area contributed by atoms with Crippen LogP contribution in [-0.4, -0.2) is 54.7 Å². The highest BCUT2D eigenvalue weighted by Gasteiger charge is 2.17. The van der Waals surface area contributed by atoms with E-state index in [2.05, 4.69) is 4.98 Å². The standard InChI is InChI=1S/C18H18N2O4/c21-16(20-9-11-23-12-10-20)13-24-17(22)7-6-15-4-1-3-14-5-2-8-19-18(14)15/h1-8H,9-13H2/b7-6+. The van der Waals surface area contributed by atoms with Gasteiger partial charge in [0.05, 0.1) is 18.7 Å². The zero-order chi connectivity index (χ0) is 16.8. The molecule has 6 heteroatoms. The molecule has 1 aliphatic rings. The number of aromatic nitrogens is 1. The van der Waals surface area contributed by atoms with Gasteiger partial charge in [-0.3, -0.25) is 9.78 Å². The van der Waals surface area contributed by atoms with Crippen molar-refractivity contribution in [3.63, 3.8) is 0 Å². The van der Waals surface area contributed by atoms with Crippen molar-refractivity contribution in [2.75, 3.05) is 32.9 Å². The van der Waals surface area contributed by atoms with Crippen molar-refractivity contribution < 1.29 is 19.1 Å². The zero-order valence-electron chi connectivity index (χ0n) is 13.2. The van der Waals surface area contributed by atoms with Crippen molar-refractivity contribution in [2.45, 2.75) is 0 Å². The summed E-state index contributed by atoms with van der Waals surface area (Å²) in [5.74, 6) is -0.753. The van der Waals surface area contributed by atoms with Gasteiger partial charge in [-0.15, -0.1) is 0 Å². The highest BCUT2D eigenvalue weighted by Crippen LogP contribution is 2.17. The lowest BCUT2D eigenvalue weighted by atomic mass is 10.1. The third kappa shape index (κ3) is 3.97. The lowest BCUT2D eigenvalue weighted by Gasteiger charge is -2.26. The zero-order valence-corrected chi connectivity index (χ0v) is 13.2. The van der Waals surface area contributed by atoms with E-state index in [0.29, 0.717) is 26.3 Å². The van der Waals surface area contributed by atoms with Gasteiger partial charge in [-0.05, 0) is 12.1 Å². The fraction of sp³-hybridized carbons (Fsp3) is 0.278. The summed E-state index contributed by atoms with van der Waals surface area (Å²) in [6, 6.07) is 9.55. The Kier molecular flexibility index (Phi) is 5.18. The average molecular weight is 326 g/mol. The van der Waals surface area contributed by atoms with E-state index in [0.717, 1.165) is 16.5 Å². The second-order valence-corrected chi connectivity index (χ2v) is 5.36. The molecule has 1 aliphatic heterocycles. The van der Waals surface area contributed by atoms with Crippen LogP contribution in [0.4, 0.5) is 0 Å². The van der Waals surface area contributed by atoms with E-state index in [1.165, 1.54) is 6.08 Å². The molecule has 0 atom stereocenters. The Morgan fingerprint density at radius 1 is 1.21 bits per heavy atom. The fourth-order valence-electron chi connectivity index (χ4n) is 2.51. The number of esters is 1. The van der Waals surface area contributed by atoms with Gasteiger partial charge in [0.1, 0.15) is 0 Å². The van der Waals surface area contributed by atoms with Crippen LogP contribution in [0.25, 0.3) is 17.0 Å². The van der Waals surface area contributed by atoms with Gasteiger partial charge < -0.3 is 14.4 Å². The number of pyridine rings is 1. The number of hydrogen-bond donors (Lipinski definition) is 0. The van der Waals surface area contributed by atoms with E-state index >= 15 is 0 Å². The van der Waals surface area contributed by atoms with Crippen LogP contribution in [0.1, 0.15) is 5.56 Å². The molecule has 1 aromatic carbocycles. The van der Waals surface area contributed by atoms with Gasteiger partial charge in [0.25, 0.3) is 5.91 Å². The van der Waals surface area contributed by atoms with Crippen LogP contribution in [0.5, 0.6) is 0 Å². The number of carbonyl (C=O) groups is 2. The maximum absolute atomic E-state index is 11.9. The van der Waals surface area contributed by atoms with Crippen LogP contribution in [0.2, 0.25) is 0 Å². The van der Waals surface area contributed by atoms with Crippen molar-refractivity contribution in [3.05, 3.63) is 48.2 Å². The van der Waals surface area contributed by atoms with E-state index in [-0.39, 0.29) is 12.5 Å². The minimum Gasteiger partial charge on any atom is -0.452 e. The van der Waals surface area contributed by atoms with Crippen molar-refractivity contribution in [2.24, 2.45) is 0 Å². The van der Waals surface area contributed by atoms with Crippen molar-refractivity contribution >= 4 is 28.9 Å². The first-order chi connectivity index (χ1) is 11.7. The fourth-order valence-corrected chi connectivity index (χ4v) is 2.51. The van der Waals surface area contributed by atoms with Crippen LogP contribution >= 0.6 is 0 Å². The maximum Gasteiger partial charge on any atom is 0.331 e. The van der Waals surface area contributed by atoms with E-state index in [1.54, 1.807) is 17.2 Å². The van der Waals surface area contributed by atoms with Crippen LogP contribution < -0.4 is 0 Å². The van der Waals surface area contributed by atoms with E-state index < -0.39 is 5.97 Å². The summed E-state index contributed by atoms with van der Waals surface area (Å²) >= 11 is 0. The Hall–Kier alpha value is -2.73. The first-order valence-electron chi connectivity index (χ1n) is 7.78. The molecule has 2 heterocycles. The van der Waals surface area contributed by atoms with Crippen molar-refractivity contribution in [1.82, 2.24) is 9.88 Å². The number of benzene rings is 1. The topological polar surface area (TPSA) is 68.7 Å². The highest BCUT2D eigenvalue weighted by molar-refractivity contribution is 5.93. The van der Waals surface area contributed by atoms with Gasteiger partial charge >= 0.3 is 5.97 Å². The molecule has 0 spiro atoms. The van der Waals surface area contributed by atoms with Crippen molar-refractivity contribution in [1.29, 1.82) is 0 Å². The summed E-state index contributed by atoms with van der Waals surface area (Å²) in [5, 5.41) is 0.996. The molecule has 1 fully saturated rings. The quantitative estimate of drug-likeness (QED) is 0.631. The molecule has 0 unspecified atom stereocenters. The molecular formula is C18H18N2O4. The molecule has 0 bridgehead atoms. The summed E-state index contributed by atoms with van der Waals surface area (Å²) < 4.78 is 10.2. The molecule has 0 saturated carbocycles. The molecule has 0 aliphatic carbocycles. The lowest BCUT2D eigenvalue weighted by Crippen LogP contribution is -2.42.